The number of hydrogen-bond acceptors (Lipinski definition) is 4. The smallest absolute Gasteiger partial charge is 0.252 e. The second-order valence-electron chi connectivity index (χ2n) is 6.50. The van der Waals surface area contributed by atoms with E-state index in [0.29, 0.717) is 17.2 Å². The monoisotopic (exact) mass is 383 g/mol. The molecule has 4 nitrogen and oxygen atoms in total. The Bertz CT molecular complexity index is 937. The second kappa shape index (κ2) is 8.88. The molecule has 0 saturated heterocycles. The van der Waals surface area contributed by atoms with Crippen molar-refractivity contribution in [2.75, 3.05) is 32.1 Å². The molecule has 0 atom stereocenters. The quantitative estimate of drug-likeness (QED) is 0.566. The van der Waals surface area contributed by atoms with Crippen LogP contribution in [0, 0.1) is 5.82 Å². The number of nitrogens with zero attached hydrogens (tertiary/aromatic N) is 3. The van der Waals surface area contributed by atoms with Crippen molar-refractivity contribution in [1.82, 2.24) is 9.88 Å². The highest BCUT2D eigenvalue weighted by Gasteiger charge is 2.18. The number of rotatable bonds is 7. The van der Waals surface area contributed by atoms with Gasteiger partial charge in [-0.2, -0.15) is 0 Å². The van der Waals surface area contributed by atoms with Crippen LogP contribution in [-0.4, -0.2) is 43.0 Å². The number of aromatic nitrogens is 1. The van der Waals surface area contributed by atoms with Crippen LogP contribution in [0.5, 0.6) is 0 Å². The SMILES string of the molecule is CN(C)CCCN(C(=O)/C=C/c1ccccc1)c1nc2ccc(F)cc2s1. The Balaban J connectivity index is 1.84. The topological polar surface area (TPSA) is 36.4 Å². The maximum Gasteiger partial charge on any atom is 0.252 e. The van der Waals surface area contributed by atoms with E-state index < -0.39 is 0 Å². The molecular formula is C21H22FN3OS. The predicted octanol–water partition coefficient (Wildman–Crippen LogP) is 4.43. The number of amides is 1. The predicted molar refractivity (Wildman–Crippen MR) is 111 cm³/mol. The van der Waals surface area contributed by atoms with E-state index in [-0.39, 0.29) is 11.7 Å². The van der Waals surface area contributed by atoms with Gasteiger partial charge in [-0.3, -0.25) is 9.69 Å². The van der Waals surface area contributed by atoms with E-state index in [9.17, 15) is 9.18 Å². The van der Waals surface area contributed by atoms with Crippen molar-refractivity contribution in [2.45, 2.75) is 6.42 Å². The molecule has 27 heavy (non-hydrogen) atoms. The molecule has 0 bridgehead atoms. The lowest BCUT2D eigenvalue weighted by molar-refractivity contribution is -0.114. The largest absolute Gasteiger partial charge is 0.309 e. The van der Waals surface area contributed by atoms with E-state index >= 15 is 0 Å². The third-order valence-corrected chi connectivity index (χ3v) is 5.08. The number of carbonyl (C=O) groups excluding carboxylic acids is 1. The molecule has 0 fully saturated rings. The molecule has 0 spiro atoms. The van der Waals surface area contributed by atoms with Crippen LogP contribution in [0.1, 0.15) is 12.0 Å². The van der Waals surface area contributed by atoms with Gasteiger partial charge in [0.05, 0.1) is 10.2 Å². The Hall–Kier alpha value is -2.57. The lowest BCUT2D eigenvalue weighted by atomic mass is 10.2. The first kappa shape index (κ1) is 19.2. The molecule has 0 saturated carbocycles. The molecule has 1 amide bonds. The van der Waals surface area contributed by atoms with Gasteiger partial charge in [0.25, 0.3) is 5.91 Å². The zero-order valence-electron chi connectivity index (χ0n) is 15.4. The van der Waals surface area contributed by atoms with Crippen molar-refractivity contribution in [2.24, 2.45) is 0 Å². The molecule has 3 aromatic rings. The van der Waals surface area contributed by atoms with Gasteiger partial charge in [0, 0.05) is 12.6 Å². The van der Waals surface area contributed by atoms with E-state index in [1.54, 1.807) is 23.1 Å². The number of halogens is 1. The lowest BCUT2D eigenvalue weighted by Crippen LogP contribution is -2.32. The zero-order chi connectivity index (χ0) is 19.2. The fourth-order valence-corrected chi connectivity index (χ4v) is 3.69. The van der Waals surface area contributed by atoms with Gasteiger partial charge in [-0.15, -0.1) is 0 Å². The molecule has 0 aliphatic carbocycles. The summed E-state index contributed by atoms with van der Waals surface area (Å²) < 4.78 is 14.2. The highest BCUT2D eigenvalue weighted by molar-refractivity contribution is 7.22. The third-order valence-electron chi connectivity index (χ3n) is 4.04. The Morgan fingerprint density at radius 1 is 1.15 bits per heavy atom. The number of thiazole rings is 1. The lowest BCUT2D eigenvalue weighted by Gasteiger charge is -2.19. The van der Waals surface area contributed by atoms with Crippen molar-refractivity contribution in [3.8, 4) is 0 Å². The van der Waals surface area contributed by atoms with Crippen LogP contribution in [0.3, 0.4) is 0 Å². The maximum atomic E-state index is 13.5. The van der Waals surface area contributed by atoms with Crippen LogP contribution in [0.2, 0.25) is 0 Å². The summed E-state index contributed by atoms with van der Waals surface area (Å²) in [5, 5.41) is 0.595. The van der Waals surface area contributed by atoms with Gasteiger partial charge in [0.15, 0.2) is 5.13 Å². The molecule has 6 heteroatoms. The van der Waals surface area contributed by atoms with E-state index in [0.717, 1.165) is 23.2 Å². The van der Waals surface area contributed by atoms with E-state index in [1.165, 1.54) is 23.5 Å². The van der Waals surface area contributed by atoms with Gasteiger partial charge >= 0.3 is 0 Å². The molecule has 2 aromatic carbocycles. The van der Waals surface area contributed by atoms with Gasteiger partial charge in [-0.1, -0.05) is 41.7 Å². The minimum atomic E-state index is -0.299. The first-order valence-corrected chi connectivity index (χ1v) is 9.60. The molecule has 0 aliphatic rings. The highest BCUT2D eigenvalue weighted by Crippen LogP contribution is 2.29. The first-order chi connectivity index (χ1) is 13.0. The van der Waals surface area contributed by atoms with Gasteiger partial charge in [-0.25, -0.2) is 9.37 Å². The van der Waals surface area contributed by atoms with Gasteiger partial charge in [0.1, 0.15) is 5.82 Å². The van der Waals surface area contributed by atoms with Gasteiger partial charge in [-0.05, 0) is 56.9 Å². The van der Waals surface area contributed by atoms with Crippen LogP contribution in [0.25, 0.3) is 16.3 Å². The molecule has 0 aliphatic heterocycles. The van der Waals surface area contributed by atoms with Gasteiger partial charge in [0.2, 0.25) is 0 Å². The number of fused-ring (bicyclic) bond motifs is 1. The highest BCUT2D eigenvalue weighted by atomic mass is 32.1. The summed E-state index contributed by atoms with van der Waals surface area (Å²) >= 11 is 1.33. The minimum absolute atomic E-state index is 0.128. The fraction of sp³-hybridized carbons (Fsp3) is 0.238. The molecule has 0 unspecified atom stereocenters. The number of hydrogen-bond donors (Lipinski definition) is 0. The van der Waals surface area contributed by atoms with Gasteiger partial charge < -0.3 is 4.90 Å². The maximum absolute atomic E-state index is 13.5. The van der Waals surface area contributed by atoms with Crippen LogP contribution in [-0.2, 0) is 4.79 Å². The Morgan fingerprint density at radius 3 is 2.67 bits per heavy atom. The summed E-state index contributed by atoms with van der Waals surface area (Å²) in [7, 11) is 4.00. The average molecular weight is 383 g/mol. The van der Waals surface area contributed by atoms with Crippen LogP contribution in [0.4, 0.5) is 9.52 Å². The average Bonchev–Trinajstić information content (AvgIpc) is 3.06. The molecule has 3 rings (SSSR count). The summed E-state index contributed by atoms with van der Waals surface area (Å²) in [6.45, 7) is 1.42. The standard InChI is InChI=1S/C21H22FN3OS/c1-24(2)13-6-14-25(20(26)12-9-16-7-4-3-5-8-16)21-23-18-11-10-17(22)15-19(18)27-21/h3-5,7-12,15H,6,13-14H2,1-2H3/b12-9+. The van der Waals surface area contributed by atoms with E-state index in [4.69, 9.17) is 0 Å². The summed E-state index contributed by atoms with van der Waals surface area (Å²) in [5.41, 5.74) is 1.67. The third kappa shape index (κ3) is 5.21. The van der Waals surface area contributed by atoms with Crippen molar-refractivity contribution >= 4 is 38.7 Å². The number of anilines is 1. The Morgan fingerprint density at radius 2 is 1.93 bits per heavy atom. The van der Waals surface area contributed by atoms with Crippen LogP contribution >= 0.6 is 11.3 Å². The molecule has 0 radical (unpaired) electrons. The van der Waals surface area contributed by atoms with Crippen molar-refractivity contribution in [1.29, 1.82) is 0 Å². The van der Waals surface area contributed by atoms with Crippen LogP contribution in [0.15, 0.2) is 54.6 Å². The number of benzene rings is 2. The zero-order valence-corrected chi connectivity index (χ0v) is 16.2. The fourth-order valence-electron chi connectivity index (χ4n) is 2.67. The molecule has 140 valence electrons. The van der Waals surface area contributed by atoms with E-state index in [1.807, 2.05) is 44.4 Å². The first-order valence-electron chi connectivity index (χ1n) is 8.78. The summed E-state index contributed by atoms with van der Waals surface area (Å²) in [4.78, 5) is 21.1. The molecular weight excluding hydrogens is 361 g/mol. The molecule has 0 N–H and O–H groups in total. The van der Waals surface area contributed by atoms with Crippen molar-refractivity contribution in [3.05, 3.63) is 66.0 Å². The van der Waals surface area contributed by atoms with Crippen molar-refractivity contribution < 1.29 is 9.18 Å². The van der Waals surface area contributed by atoms with Crippen molar-refractivity contribution in [3.63, 3.8) is 0 Å². The molecule has 1 heterocycles. The Labute approximate surface area is 162 Å². The normalized spacial score (nSPS) is 11.6. The van der Waals surface area contributed by atoms with E-state index in [2.05, 4.69) is 9.88 Å². The summed E-state index contributed by atoms with van der Waals surface area (Å²) in [5.74, 6) is -0.427. The molecule has 1 aromatic heterocycles. The summed E-state index contributed by atoms with van der Waals surface area (Å²) in [6.07, 6.45) is 4.19. The summed E-state index contributed by atoms with van der Waals surface area (Å²) in [6, 6.07) is 14.2. The second-order valence-corrected chi connectivity index (χ2v) is 7.51. The number of carbonyl (C=O) groups is 1. The minimum Gasteiger partial charge on any atom is -0.309 e. The van der Waals surface area contributed by atoms with Crippen LogP contribution < -0.4 is 4.90 Å². The Kier molecular flexibility index (Phi) is 6.32.